The lowest BCUT2D eigenvalue weighted by atomic mass is 9.96. The number of β-amino-alcohol motifs (C(OH)–C–C–N with tert-alkyl or cyclic N) is 1. The Hall–Kier alpha value is -3.08. The van der Waals surface area contributed by atoms with Gasteiger partial charge in [-0.15, -0.1) is 0 Å². The molecule has 0 radical (unpaired) electrons. The van der Waals surface area contributed by atoms with Gasteiger partial charge in [-0.1, -0.05) is 60.7 Å². The minimum absolute atomic E-state index is 0.0114. The Morgan fingerprint density at radius 1 is 0.895 bits per heavy atom. The van der Waals surface area contributed by atoms with E-state index in [2.05, 4.69) is 5.32 Å². The van der Waals surface area contributed by atoms with E-state index < -0.39 is 28.3 Å². The van der Waals surface area contributed by atoms with Gasteiger partial charge >= 0.3 is 0 Å². The van der Waals surface area contributed by atoms with Crippen molar-refractivity contribution in [3.63, 3.8) is 0 Å². The molecule has 0 spiro atoms. The van der Waals surface area contributed by atoms with E-state index in [9.17, 15) is 18.3 Å². The molecule has 38 heavy (non-hydrogen) atoms. The molecule has 3 aromatic carbocycles. The molecule has 8 nitrogen and oxygen atoms in total. The van der Waals surface area contributed by atoms with E-state index >= 15 is 0 Å². The molecule has 5 rings (SSSR count). The number of rotatable bonds is 6. The first kappa shape index (κ1) is 26.5. The molecule has 200 valence electrons. The average Bonchev–Trinajstić information content (AvgIpc) is 2.92. The third kappa shape index (κ3) is 6.14. The van der Waals surface area contributed by atoms with Gasteiger partial charge in [0, 0.05) is 12.2 Å². The Bertz CT molecular complexity index is 1320. The molecule has 0 bridgehead atoms. The summed E-state index contributed by atoms with van der Waals surface area (Å²) >= 11 is 0. The third-order valence-corrected chi connectivity index (χ3v) is 8.88. The molecule has 2 N–H and O–H groups in total. The van der Waals surface area contributed by atoms with Crippen molar-refractivity contribution in [2.45, 2.75) is 48.5 Å². The van der Waals surface area contributed by atoms with Crippen LogP contribution in [0.3, 0.4) is 0 Å². The molecule has 2 aliphatic heterocycles. The summed E-state index contributed by atoms with van der Waals surface area (Å²) in [6, 6.07) is 25.4. The molecular formula is C29H32N2O6S. The van der Waals surface area contributed by atoms with E-state index in [0.29, 0.717) is 18.5 Å². The smallest absolute Gasteiger partial charge is 0.243 e. The van der Waals surface area contributed by atoms with Crippen LogP contribution in [0.15, 0.2) is 89.8 Å². The van der Waals surface area contributed by atoms with Crippen molar-refractivity contribution in [3.05, 3.63) is 84.9 Å². The fraction of sp³-hybridized carbons (Fsp3) is 0.345. The molecular weight excluding hydrogens is 504 g/mol. The second-order valence-electron chi connectivity index (χ2n) is 9.72. The SMILES string of the molecule is O=C(C[C@H]1CC[C@@H]2[C@H](COC[C@@H](O)CN2S(=O)(=O)c2ccccc2)O1)Nc1ccc(-c2ccccc2)cc1. The fourth-order valence-corrected chi connectivity index (χ4v) is 6.83. The number of hydrogen-bond donors (Lipinski definition) is 2. The number of fused-ring (bicyclic) bond motifs is 1. The summed E-state index contributed by atoms with van der Waals surface area (Å²) in [7, 11) is -3.85. The lowest BCUT2D eigenvalue weighted by Gasteiger charge is -2.43. The van der Waals surface area contributed by atoms with E-state index in [-0.39, 0.29) is 43.1 Å². The van der Waals surface area contributed by atoms with Crippen LogP contribution in [-0.2, 0) is 24.3 Å². The molecule has 2 heterocycles. The topological polar surface area (TPSA) is 105 Å². The molecule has 4 atom stereocenters. The highest BCUT2D eigenvalue weighted by atomic mass is 32.2. The summed E-state index contributed by atoms with van der Waals surface area (Å²) in [5.74, 6) is -0.170. The van der Waals surface area contributed by atoms with E-state index in [1.165, 1.54) is 4.31 Å². The maximum Gasteiger partial charge on any atom is 0.243 e. The number of sulfonamides is 1. The highest BCUT2D eigenvalue weighted by Gasteiger charge is 2.43. The first-order valence-electron chi connectivity index (χ1n) is 12.8. The lowest BCUT2D eigenvalue weighted by molar-refractivity contribution is -0.144. The largest absolute Gasteiger partial charge is 0.389 e. The van der Waals surface area contributed by atoms with Crippen molar-refractivity contribution >= 4 is 21.6 Å². The van der Waals surface area contributed by atoms with Gasteiger partial charge in [-0.2, -0.15) is 4.31 Å². The Kier molecular flexibility index (Phi) is 8.21. The standard InChI is InChI=1S/C29H32N2O6S/c32-24-18-31(38(34,35)26-9-5-2-6-10-26)27-16-15-25(37-28(27)20-36-19-24)17-29(33)30-23-13-11-22(12-14-23)21-7-3-1-4-8-21/h1-14,24-25,27-28,32H,15-20H2,(H,30,33)/t24-,25+,27+,28-/m0/s1. The van der Waals surface area contributed by atoms with Gasteiger partial charge in [0.2, 0.25) is 15.9 Å². The summed E-state index contributed by atoms with van der Waals surface area (Å²) < 4.78 is 40.2. The fourth-order valence-electron chi connectivity index (χ4n) is 5.09. The third-order valence-electron chi connectivity index (χ3n) is 6.97. The highest BCUT2D eigenvalue weighted by Crippen LogP contribution is 2.31. The van der Waals surface area contributed by atoms with E-state index in [1.54, 1.807) is 30.3 Å². The number of aliphatic hydroxyl groups is 1. The molecule has 0 unspecified atom stereocenters. The van der Waals surface area contributed by atoms with Gasteiger partial charge in [0.25, 0.3) is 0 Å². The van der Waals surface area contributed by atoms with Gasteiger partial charge in [-0.3, -0.25) is 4.79 Å². The predicted molar refractivity (Wildman–Crippen MR) is 144 cm³/mol. The molecule has 9 heteroatoms. The van der Waals surface area contributed by atoms with Crippen molar-refractivity contribution < 1.29 is 27.8 Å². The maximum absolute atomic E-state index is 13.5. The first-order valence-corrected chi connectivity index (χ1v) is 14.3. The predicted octanol–water partition coefficient (Wildman–Crippen LogP) is 3.68. The minimum Gasteiger partial charge on any atom is -0.389 e. The van der Waals surface area contributed by atoms with Crippen LogP contribution in [0.1, 0.15) is 19.3 Å². The van der Waals surface area contributed by atoms with Crippen LogP contribution in [0.2, 0.25) is 0 Å². The number of carbonyl (C=O) groups is 1. The summed E-state index contributed by atoms with van der Waals surface area (Å²) in [4.78, 5) is 13.0. The van der Waals surface area contributed by atoms with Gasteiger partial charge in [0.1, 0.15) is 0 Å². The zero-order valence-corrected chi connectivity index (χ0v) is 21.8. The van der Waals surface area contributed by atoms with Crippen LogP contribution in [0, 0.1) is 0 Å². The zero-order valence-electron chi connectivity index (χ0n) is 21.0. The van der Waals surface area contributed by atoms with Crippen LogP contribution < -0.4 is 5.32 Å². The maximum atomic E-state index is 13.5. The normalized spacial score (nSPS) is 24.6. The van der Waals surface area contributed by atoms with Crippen LogP contribution in [-0.4, -0.2) is 67.8 Å². The van der Waals surface area contributed by atoms with Crippen LogP contribution in [0.5, 0.6) is 0 Å². The van der Waals surface area contributed by atoms with Crippen LogP contribution in [0.4, 0.5) is 5.69 Å². The molecule has 2 aliphatic rings. The molecule has 1 amide bonds. The average molecular weight is 537 g/mol. The van der Waals surface area contributed by atoms with E-state index in [1.807, 2.05) is 54.6 Å². The van der Waals surface area contributed by atoms with Crippen LogP contribution in [0.25, 0.3) is 11.1 Å². The summed E-state index contributed by atoms with van der Waals surface area (Å²) in [6.07, 6.45) is -0.690. The van der Waals surface area contributed by atoms with Crippen molar-refractivity contribution in [2.75, 3.05) is 25.1 Å². The number of benzene rings is 3. The van der Waals surface area contributed by atoms with Crippen molar-refractivity contribution in [3.8, 4) is 11.1 Å². The van der Waals surface area contributed by atoms with Crippen molar-refractivity contribution in [1.82, 2.24) is 4.31 Å². The second-order valence-corrected chi connectivity index (χ2v) is 11.6. The number of hydrogen-bond acceptors (Lipinski definition) is 6. The molecule has 2 saturated heterocycles. The molecule has 3 aromatic rings. The van der Waals surface area contributed by atoms with Crippen molar-refractivity contribution in [1.29, 1.82) is 0 Å². The number of carbonyl (C=O) groups excluding carboxylic acids is 1. The zero-order chi connectivity index (χ0) is 26.5. The van der Waals surface area contributed by atoms with Gasteiger partial charge in [-0.25, -0.2) is 8.42 Å². The van der Waals surface area contributed by atoms with Gasteiger partial charge in [-0.05, 0) is 48.2 Å². The monoisotopic (exact) mass is 536 g/mol. The highest BCUT2D eigenvalue weighted by molar-refractivity contribution is 7.89. The summed E-state index contributed by atoms with van der Waals surface area (Å²) in [6.45, 7) is 0.0744. The molecule has 0 saturated carbocycles. The second kappa shape index (κ2) is 11.8. The number of nitrogens with zero attached hydrogens (tertiary/aromatic N) is 1. The number of amides is 1. The van der Waals surface area contributed by atoms with Gasteiger partial charge in [0.15, 0.2) is 0 Å². The van der Waals surface area contributed by atoms with E-state index in [4.69, 9.17) is 9.47 Å². The number of anilines is 1. The number of aliphatic hydroxyl groups excluding tert-OH is 1. The summed E-state index contributed by atoms with van der Waals surface area (Å²) in [5, 5.41) is 13.3. The molecule has 0 aromatic heterocycles. The number of nitrogens with one attached hydrogen (secondary N) is 1. The quantitative estimate of drug-likeness (QED) is 0.498. The first-order chi connectivity index (χ1) is 18.4. The van der Waals surface area contributed by atoms with Gasteiger partial charge < -0.3 is 19.9 Å². The molecule has 0 aliphatic carbocycles. The van der Waals surface area contributed by atoms with Crippen molar-refractivity contribution in [2.24, 2.45) is 0 Å². The minimum atomic E-state index is -3.85. The Balaban J connectivity index is 1.23. The Labute approximate surface area is 223 Å². The summed E-state index contributed by atoms with van der Waals surface area (Å²) in [5.41, 5.74) is 2.87. The Morgan fingerprint density at radius 2 is 1.55 bits per heavy atom. The Morgan fingerprint density at radius 3 is 2.26 bits per heavy atom. The lowest BCUT2D eigenvalue weighted by Crippen LogP contribution is -2.57. The number of ether oxygens (including phenoxy) is 2. The molecule has 2 fully saturated rings. The van der Waals surface area contributed by atoms with Crippen LogP contribution >= 0.6 is 0 Å². The van der Waals surface area contributed by atoms with Gasteiger partial charge in [0.05, 0.1) is 48.9 Å². The van der Waals surface area contributed by atoms with E-state index in [0.717, 1.165) is 11.1 Å².